The van der Waals surface area contributed by atoms with Crippen LogP contribution in [0.3, 0.4) is 0 Å². The molecule has 17 heavy (non-hydrogen) atoms. The number of nitrogens with one attached hydrogen (secondary N) is 1. The van der Waals surface area contributed by atoms with Gasteiger partial charge in [-0.1, -0.05) is 28.1 Å². The van der Waals surface area contributed by atoms with Crippen LogP contribution in [-0.2, 0) is 0 Å². The second-order valence-electron chi connectivity index (χ2n) is 4.69. The highest BCUT2D eigenvalue weighted by molar-refractivity contribution is 9.10. The van der Waals surface area contributed by atoms with Crippen molar-refractivity contribution in [1.82, 2.24) is 10.2 Å². The van der Waals surface area contributed by atoms with Gasteiger partial charge in [-0.15, -0.1) is 0 Å². The summed E-state index contributed by atoms with van der Waals surface area (Å²) in [4.78, 5) is 14.4. The van der Waals surface area contributed by atoms with E-state index in [-0.39, 0.29) is 11.8 Å². The van der Waals surface area contributed by atoms with E-state index in [1.165, 1.54) is 0 Å². The van der Waals surface area contributed by atoms with Gasteiger partial charge in [0.15, 0.2) is 5.78 Å². The van der Waals surface area contributed by atoms with E-state index in [9.17, 15) is 4.79 Å². The maximum atomic E-state index is 12.2. The minimum absolute atomic E-state index is 0.0384. The van der Waals surface area contributed by atoms with Crippen LogP contribution >= 0.6 is 15.9 Å². The first-order valence-corrected chi connectivity index (χ1v) is 6.57. The summed E-state index contributed by atoms with van der Waals surface area (Å²) >= 11 is 3.37. The molecule has 1 aliphatic heterocycles. The maximum absolute atomic E-state index is 12.2. The van der Waals surface area contributed by atoms with Gasteiger partial charge in [0, 0.05) is 22.6 Å². The number of nitrogens with zero attached hydrogens (tertiary/aromatic N) is 1. The molecule has 1 heterocycles. The molecule has 0 saturated carbocycles. The van der Waals surface area contributed by atoms with Crippen molar-refractivity contribution in [2.45, 2.75) is 18.5 Å². The van der Waals surface area contributed by atoms with E-state index < -0.39 is 0 Å². The summed E-state index contributed by atoms with van der Waals surface area (Å²) in [6.07, 6.45) is 0.891. The molecular formula is C13H17BrN2O. The van der Waals surface area contributed by atoms with E-state index in [0.29, 0.717) is 6.04 Å². The van der Waals surface area contributed by atoms with Crippen LogP contribution in [0.25, 0.3) is 0 Å². The molecule has 0 aromatic heterocycles. The van der Waals surface area contributed by atoms with Crippen LogP contribution in [0.2, 0.25) is 0 Å². The first-order valence-electron chi connectivity index (χ1n) is 5.77. The molecule has 0 spiro atoms. The molecule has 92 valence electrons. The third-order valence-electron chi connectivity index (χ3n) is 3.28. The SMILES string of the molecule is CN(C)C1CNC(C(=O)c2ccc(Br)cc2)C1. The second-order valence-corrected chi connectivity index (χ2v) is 5.60. The molecule has 2 atom stereocenters. The standard InChI is InChI=1S/C13H17BrN2O/c1-16(2)11-7-12(15-8-11)13(17)9-3-5-10(14)6-4-9/h3-6,11-12,15H,7-8H2,1-2H3. The van der Waals surface area contributed by atoms with Crippen molar-refractivity contribution >= 4 is 21.7 Å². The quantitative estimate of drug-likeness (QED) is 0.865. The van der Waals surface area contributed by atoms with E-state index in [1.54, 1.807) is 0 Å². The van der Waals surface area contributed by atoms with E-state index in [0.717, 1.165) is 23.0 Å². The molecule has 1 aliphatic rings. The number of ketones is 1. The summed E-state index contributed by atoms with van der Waals surface area (Å²) in [7, 11) is 4.11. The molecular weight excluding hydrogens is 280 g/mol. The minimum Gasteiger partial charge on any atom is -0.306 e. The van der Waals surface area contributed by atoms with Crippen molar-refractivity contribution in [3.8, 4) is 0 Å². The van der Waals surface area contributed by atoms with Gasteiger partial charge in [0.25, 0.3) is 0 Å². The van der Waals surface area contributed by atoms with Crippen LogP contribution in [0.5, 0.6) is 0 Å². The summed E-state index contributed by atoms with van der Waals surface area (Å²) in [5, 5.41) is 3.30. The number of hydrogen-bond acceptors (Lipinski definition) is 3. The smallest absolute Gasteiger partial charge is 0.179 e. The van der Waals surface area contributed by atoms with Gasteiger partial charge in [0.2, 0.25) is 0 Å². The van der Waals surface area contributed by atoms with Gasteiger partial charge in [0.05, 0.1) is 6.04 Å². The summed E-state index contributed by atoms with van der Waals surface area (Å²) in [5.41, 5.74) is 0.783. The van der Waals surface area contributed by atoms with Gasteiger partial charge in [0.1, 0.15) is 0 Å². The van der Waals surface area contributed by atoms with Crippen molar-refractivity contribution in [2.24, 2.45) is 0 Å². The van der Waals surface area contributed by atoms with Gasteiger partial charge in [-0.05, 0) is 32.6 Å². The van der Waals surface area contributed by atoms with E-state index in [1.807, 2.05) is 24.3 Å². The Morgan fingerprint density at radius 1 is 1.35 bits per heavy atom. The Hall–Kier alpha value is -0.710. The number of carbonyl (C=O) groups excluding carboxylic acids is 1. The van der Waals surface area contributed by atoms with Crippen molar-refractivity contribution in [1.29, 1.82) is 0 Å². The van der Waals surface area contributed by atoms with Gasteiger partial charge < -0.3 is 10.2 Å². The highest BCUT2D eigenvalue weighted by Gasteiger charge is 2.30. The molecule has 1 saturated heterocycles. The molecule has 0 radical (unpaired) electrons. The lowest BCUT2D eigenvalue weighted by molar-refractivity contribution is 0.0949. The molecule has 1 N–H and O–H groups in total. The second kappa shape index (κ2) is 5.29. The van der Waals surface area contributed by atoms with Crippen LogP contribution < -0.4 is 5.32 Å². The molecule has 2 rings (SSSR count). The van der Waals surface area contributed by atoms with E-state index >= 15 is 0 Å². The van der Waals surface area contributed by atoms with Crippen LogP contribution in [-0.4, -0.2) is 43.4 Å². The van der Waals surface area contributed by atoms with Gasteiger partial charge in [-0.2, -0.15) is 0 Å². The van der Waals surface area contributed by atoms with Crippen molar-refractivity contribution in [2.75, 3.05) is 20.6 Å². The lowest BCUT2D eigenvalue weighted by Gasteiger charge is -2.17. The summed E-state index contributed by atoms with van der Waals surface area (Å²) in [6.45, 7) is 0.889. The minimum atomic E-state index is -0.0384. The molecule has 0 bridgehead atoms. The number of Topliss-reactive ketones (excluding diaryl/α,β-unsaturated/α-hetero) is 1. The molecule has 1 fully saturated rings. The maximum Gasteiger partial charge on any atom is 0.179 e. The summed E-state index contributed by atoms with van der Waals surface area (Å²) in [6, 6.07) is 7.98. The zero-order valence-corrected chi connectivity index (χ0v) is 11.7. The molecule has 2 unspecified atom stereocenters. The largest absolute Gasteiger partial charge is 0.306 e. The van der Waals surface area contributed by atoms with Gasteiger partial charge >= 0.3 is 0 Å². The molecule has 1 aromatic rings. The lowest BCUT2D eigenvalue weighted by Crippen LogP contribution is -2.30. The highest BCUT2D eigenvalue weighted by Crippen LogP contribution is 2.17. The fourth-order valence-corrected chi connectivity index (χ4v) is 2.39. The Labute approximate surface area is 110 Å². The fourth-order valence-electron chi connectivity index (χ4n) is 2.13. The Bertz CT molecular complexity index is 402. The zero-order valence-electron chi connectivity index (χ0n) is 10.1. The van der Waals surface area contributed by atoms with Crippen LogP contribution in [0.4, 0.5) is 0 Å². The van der Waals surface area contributed by atoms with Crippen LogP contribution in [0.15, 0.2) is 28.7 Å². The topological polar surface area (TPSA) is 32.3 Å². The summed E-state index contributed by atoms with van der Waals surface area (Å²) < 4.78 is 1.000. The summed E-state index contributed by atoms with van der Waals surface area (Å²) in [5.74, 6) is 0.196. The Morgan fingerprint density at radius 3 is 2.53 bits per heavy atom. The average Bonchev–Trinajstić information content (AvgIpc) is 2.78. The van der Waals surface area contributed by atoms with Crippen molar-refractivity contribution < 1.29 is 4.79 Å². The van der Waals surface area contributed by atoms with Gasteiger partial charge in [-0.25, -0.2) is 0 Å². The lowest BCUT2D eigenvalue weighted by atomic mass is 10.0. The average molecular weight is 297 g/mol. The number of benzene rings is 1. The normalized spacial score (nSPS) is 24.2. The fraction of sp³-hybridized carbons (Fsp3) is 0.462. The third-order valence-corrected chi connectivity index (χ3v) is 3.81. The van der Waals surface area contributed by atoms with Crippen LogP contribution in [0, 0.1) is 0 Å². The van der Waals surface area contributed by atoms with Crippen molar-refractivity contribution in [3.05, 3.63) is 34.3 Å². The molecule has 4 heteroatoms. The van der Waals surface area contributed by atoms with E-state index in [2.05, 4.69) is 40.2 Å². The first-order chi connectivity index (χ1) is 8.08. The number of likely N-dealkylation sites (N-methyl/N-ethyl adjacent to an activating group) is 1. The number of carbonyl (C=O) groups is 1. The van der Waals surface area contributed by atoms with Gasteiger partial charge in [-0.3, -0.25) is 4.79 Å². The number of rotatable bonds is 3. The Morgan fingerprint density at radius 2 is 2.00 bits per heavy atom. The molecule has 0 aliphatic carbocycles. The predicted octanol–water partition coefficient (Wildman–Crippen LogP) is 1.92. The molecule has 3 nitrogen and oxygen atoms in total. The number of hydrogen-bond donors (Lipinski definition) is 1. The van der Waals surface area contributed by atoms with Crippen LogP contribution in [0.1, 0.15) is 16.8 Å². The van der Waals surface area contributed by atoms with Crippen molar-refractivity contribution in [3.63, 3.8) is 0 Å². The zero-order chi connectivity index (χ0) is 12.4. The first kappa shape index (κ1) is 12.7. The Balaban J connectivity index is 2.04. The number of halogens is 1. The molecule has 0 amide bonds. The Kier molecular flexibility index (Phi) is 3.97. The predicted molar refractivity (Wildman–Crippen MR) is 72.4 cm³/mol. The third kappa shape index (κ3) is 2.94. The monoisotopic (exact) mass is 296 g/mol. The molecule has 1 aromatic carbocycles. The van der Waals surface area contributed by atoms with E-state index in [4.69, 9.17) is 0 Å². The highest BCUT2D eigenvalue weighted by atomic mass is 79.9.